The van der Waals surface area contributed by atoms with E-state index in [1.54, 1.807) is 48.5 Å². The van der Waals surface area contributed by atoms with Gasteiger partial charge in [-0.25, -0.2) is 4.79 Å². The topological polar surface area (TPSA) is 49.8 Å². The summed E-state index contributed by atoms with van der Waals surface area (Å²) in [6.45, 7) is 1.60. The van der Waals surface area contributed by atoms with Crippen molar-refractivity contribution in [2.24, 2.45) is 0 Å². The Kier molecular flexibility index (Phi) is 7.17. The molecule has 1 aliphatic heterocycles. The highest BCUT2D eigenvalue weighted by Gasteiger charge is 2.43. The Bertz CT molecular complexity index is 624. The van der Waals surface area contributed by atoms with E-state index in [-0.39, 0.29) is 6.10 Å². The van der Waals surface area contributed by atoms with Gasteiger partial charge in [0.1, 0.15) is 6.10 Å². The quantitative estimate of drug-likeness (QED) is 0.626. The van der Waals surface area contributed by atoms with Crippen LogP contribution >= 0.6 is 15.9 Å². The zero-order valence-corrected chi connectivity index (χ0v) is 16.1. The maximum Gasteiger partial charge on any atom is 0.348 e. The molecule has 5 heteroatoms. The predicted octanol–water partition coefficient (Wildman–Crippen LogP) is 3.18. The van der Waals surface area contributed by atoms with Gasteiger partial charge >= 0.3 is 5.97 Å². The lowest BCUT2D eigenvalue weighted by Gasteiger charge is -2.28. The normalized spacial score (nSPS) is 17.5. The van der Waals surface area contributed by atoms with Gasteiger partial charge in [-0.05, 0) is 30.4 Å². The lowest BCUT2D eigenvalue weighted by Crippen LogP contribution is -2.40. The van der Waals surface area contributed by atoms with E-state index in [2.05, 4.69) is 20.8 Å². The van der Waals surface area contributed by atoms with Crippen LogP contribution in [0.15, 0.2) is 60.7 Å². The van der Waals surface area contributed by atoms with Crippen LogP contribution in [0.2, 0.25) is 0 Å². The summed E-state index contributed by atoms with van der Waals surface area (Å²) in [5.74, 6) is 1.20. The second kappa shape index (κ2) is 9.13. The fourth-order valence-corrected chi connectivity index (χ4v) is 2.99. The molecule has 1 unspecified atom stereocenters. The van der Waals surface area contributed by atoms with Crippen molar-refractivity contribution in [3.63, 3.8) is 0 Å². The van der Waals surface area contributed by atoms with Crippen LogP contribution in [0.1, 0.15) is 17.5 Å². The Balaban J connectivity index is 0.00000109. The highest BCUT2D eigenvalue weighted by Crippen LogP contribution is 2.32. The Morgan fingerprint density at radius 2 is 1.56 bits per heavy atom. The Morgan fingerprint density at radius 1 is 1.08 bits per heavy atom. The van der Waals surface area contributed by atoms with Crippen molar-refractivity contribution in [1.82, 2.24) is 4.90 Å². The minimum absolute atomic E-state index is 0.175. The van der Waals surface area contributed by atoms with Crippen molar-refractivity contribution in [3.05, 3.63) is 71.8 Å². The van der Waals surface area contributed by atoms with E-state index in [1.165, 1.54) is 0 Å². The largest absolute Gasteiger partial charge is 0.458 e. The third-order valence-electron chi connectivity index (χ3n) is 4.30. The summed E-state index contributed by atoms with van der Waals surface area (Å²) < 4.78 is 5.63. The fraction of sp³-hybridized carbons (Fsp3) is 0.350. The highest BCUT2D eigenvalue weighted by molar-refractivity contribution is 9.08. The first-order valence-electron chi connectivity index (χ1n) is 8.21. The molecule has 2 aromatic rings. The molecule has 1 atom stereocenters. The first kappa shape index (κ1) is 19.6. The molecule has 0 aromatic heterocycles. The number of hydrogen-bond acceptors (Lipinski definition) is 4. The van der Waals surface area contributed by atoms with E-state index in [9.17, 15) is 9.90 Å². The SMILES string of the molecule is CBr.CN1CCC(OC(=O)C(O)(c2ccccc2)c2ccccc2)C1. The van der Waals surface area contributed by atoms with Gasteiger partial charge in [0.05, 0.1) is 0 Å². The minimum atomic E-state index is -1.79. The van der Waals surface area contributed by atoms with Crippen molar-refractivity contribution < 1.29 is 14.6 Å². The number of esters is 1. The zero-order chi connectivity index (χ0) is 18.3. The highest BCUT2D eigenvalue weighted by atomic mass is 79.9. The molecule has 2 aromatic carbocycles. The van der Waals surface area contributed by atoms with E-state index in [0.29, 0.717) is 17.7 Å². The standard InChI is InChI=1S/C19H21NO3.CH3Br/c1-20-13-12-17(14-20)23-18(21)19(22,15-8-4-2-5-9-15)16-10-6-3-7-11-16;1-2/h2-11,17,22H,12-14H2,1H3;1H3. The van der Waals surface area contributed by atoms with Crippen LogP contribution in [-0.2, 0) is 15.1 Å². The smallest absolute Gasteiger partial charge is 0.348 e. The van der Waals surface area contributed by atoms with Crippen molar-refractivity contribution in [2.75, 3.05) is 26.0 Å². The van der Waals surface area contributed by atoms with E-state index < -0.39 is 11.6 Å². The Labute approximate surface area is 157 Å². The van der Waals surface area contributed by atoms with Gasteiger partial charge in [-0.3, -0.25) is 0 Å². The monoisotopic (exact) mass is 405 g/mol. The number of rotatable bonds is 4. The summed E-state index contributed by atoms with van der Waals surface area (Å²) >= 11 is 2.94. The summed E-state index contributed by atoms with van der Waals surface area (Å²) in [6, 6.07) is 17.9. The maximum absolute atomic E-state index is 12.8. The molecular weight excluding hydrogens is 382 g/mol. The second-order valence-electron chi connectivity index (χ2n) is 6.02. The summed E-state index contributed by atoms with van der Waals surface area (Å²) in [4.78, 5) is 15.0. The molecule has 1 N–H and O–H groups in total. The van der Waals surface area contributed by atoms with Crippen molar-refractivity contribution in [3.8, 4) is 0 Å². The molecule has 0 saturated carbocycles. The molecule has 0 amide bonds. The zero-order valence-electron chi connectivity index (χ0n) is 14.6. The van der Waals surface area contributed by atoms with Gasteiger partial charge in [0.15, 0.2) is 0 Å². The first-order chi connectivity index (χ1) is 12.1. The number of hydrogen-bond donors (Lipinski definition) is 1. The lowest BCUT2D eigenvalue weighted by molar-refractivity contribution is -0.167. The molecule has 1 saturated heterocycles. The van der Waals surface area contributed by atoms with Crippen molar-refractivity contribution >= 4 is 21.9 Å². The summed E-state index contributed by atoms with van der Waals surface area (Å²) in [7, 11) is 1.99. The van der Waals surface area contributed by atoms with Gasteiger partial charge in [0, 0.05) is 13.1 Å². The number of likely N-dealkylation sites (tertiary alicyclic amines) is 1. The van der Waals surface area contributed by atoms with E-state index >= 15 is 0 Å². The molecule has 25 heavy (non-hydrogen) atoms. The third-order valence-corrected chi connectivity index (χ3v) is 4.30. The molecule has 0 spiro atoms. The maximum atomic E-state index is 12.8. The molecule has 1 aliphatic rings. The van der Waals surface area contributed by atoms with Gasteiger partial charge < -0.3 is 14.7 Å². The van der Waals surface area contributed by atoms with Gasteiger partial charge in [-0.1, -0.05) is 76.6 Å². The predicted molar refractivity (Wildman–Crippen MR) is 103 cm³/mol. The summed E-state index contributed by atoms with van der Waals surface area (Å²) in [5.41, 5.74) is -0.756. The van der Waals surface area contributed by atoms with Crippen molar-refractivity contribution in [1.29, 1.82) is 0 Å². The van der Waals surface area contributed by atoms with Gasteiger partial charge in [0.2, 0.25) is 5.60 Å². The number of ether oxygens (including phenoxy) is 1. The van der Waals surface area contributed by atoms with Crippen LogP contribution in [0.4, 0.5) is 0 Å². The van der Waals surface area contributed by atoms with Gasteiger partial charge in [-0.2, -0.15) is 0 Å². The molecule has 1 heterocycles. The number of nitrogens with zero attached hydrogens (tertiary/aromatic N) is 1. The fourth-order valence-electron chi connectivity index (χ4n) is 2.99. The first-order valence-corrected chi connectivity index (χ1v) is 9.80. The van der Waals surface area contributed by atoms with E-state index in [1.807, 2.05) is 25.0 Å². The summed E-state index contributed by atoms with van der Waals surface area (Å²) in [5, 5.41) is 11.3. The molecule has 0 bridgehead atoms. The number of benzene rings is 2. The lowest BCUT2D eigenvalue weighted by atomic mass is 9.86. The average molecular weight is 406 g/mol. The van der Waals surface area contributed by atoms with Crippen LogP contribution < -0.4 is 0 Å². The minimum Gasteiger partial charge on any atom is -0.458 e. The second-order valence-corrected chi connectivity index (χ2v) is 6.02. The van der Waals surface area contributed by atoms with E-state index in [0.717, 1.165) is 13.0 Å². The molecule has 4 nitrogen and oxygen atoms in total. The average Bonchev–Trinajstić information content (AvgIpc) is 3.08. The van der Waals surface area contributed by atoms with Crippen LogP contribution in [0.3, 0.4) is 0 Å². The third kappa shape index (κ3) is 4.48. The molecular formula is C20H24BrNO3. The summed E-state index contributed by atoms with van der Waals surface area (Å²) in [6.07, 6.45) is 0.619. The Morgan fingerprint density at radius 3 is 1.96 bits per heavy atom. The Hall–Kier alpha value is -1.69. The molecule has 1 fully saturated rings. The molecule has 134 valence electrons. The number of carbonyl (C=O) groups is 1. The van der Waals surface area contributed by atoms with Gasteiger partial charge in [-0.15, -0.1) is 0 Å². The number of alkyl halides is 1. The van der Waals surface area contributed by atoms with Crippen LogP contribution in [0, 0.1) is 0 Å². The number of aliphatic hydroxyl groups is 1. The van der Waals surface area contributed by atoms with Crippen LogP contribution in [0.5, 0.6) is 0 Å². The van der Waals surface area contributed by atoms with Crippen molar-refractivity contribution in [2.45, 2.75) is 18.1 Å². The van der Waals surface area contributed by atoms with Crippen LogP contribution in [-0.4, -0.2) is 48.0 Å². The molecule has 3 rings (SSSR count). The number of carbonyl (C=O) groups excluding carboxylic acids is 1. The van der Waals surface area contributed by atoms with E-state index in [4.69, 9.17) is 4.74 Å². The van der Waals surface area contributed by atoms with Crippen LogP contribution in [0.25, 0.3) is 0 Å². The number of likely N-dealkylation sites (N-methyl/N-ethyl adjacent to an activating group) is 1. The number of halogens is 1. The molecule has 0 radical (unpaired) electrons. The molecule has 0 aliphatic carbocycles. The van der Waals surface area contributed by atoms with Gasteiger partial charge in [0.25, 0.3) is 0 Å².